The molecule has 0 heterocycles. The topological polar surface area (TPSA) is 35.5 Å². The predicted octanol–water partition coefficient (Wildman–Crippen LogP) is 2.40. The maximum atomic E-state index is 10.6. The van der Waals surface area contributed by atoms with Gasteiger partial charge in [-0.25, -0.2) is 0 Å². The molecule has 1 fully saturated rings. The van der Waals surface area contributed by atoms with Crippen molar-refractivity contribution in [3.8, 4) is 11.5 Å². The van der Waals surface area contributed by atoms with Gasteiger partial charge in [-0.15, -0.1) is 0 Å². The van der Waals surface area contributed by atoms with Gasteiger partial charge in [0.1, 0.15) is 6.29 Å². The van der Waals surface area contributed by atoms with Crippen molar-refractivity contribution in [1.82, 2.24) is 0 Å². The Bertz CT molecular complexity index is 387. The molecule has 2 atom stereocenters. The number of hydrogen-bond acceptors (Lipinski definition) is 3. The van der Waals surface area contributed by atoms with Gasteiger partial charge in [-0.05, 0) is 37.0 Å². The number of carbonyl (C=O) groups is 1. The summed E-state index contributed by atoms with van der Waals surface area (Å²) in [7, 11) is 1.63. The molecule has 86 valence electrons. The van der Waals surface area contributed by atoms with E-state index in [0.29, 0.717) is 12.5 Å². The molecule has 3 heteroatoms. The van der Waals surface area contributed by atoms with Gasteiger partial charge in [-0.2, -0.15) is 0 Å². The summed E-state index contributed by atoms with van der Waals surface area (Å²) in [6, 6.07) is 5.90. The van der Waals surface area contributed by atoms with Crippen molar-refractivity contribution < 1.29 is 14.3 Å². The molecule has 1 aromatic carbocycles. The molecule has 0 saturated heterocycles. The van der Waals surface area contributed by atoms with Crippen LogP contribution in [0, 0.1) is 5.92 Å². The van der Waals surface area contributed by atoms with E-state index in [1.54, 1.807) is 7.11 Å². The van der Waals surface area contributed by atoms with Gasteiger partial charge in [0.05, 0.1) is 13.7 Å². The molecule has 0 aromatic heterocycles. The fraction of sp³-hybridized carbons (Fsp3) is 0.462. The Balaban J connectivity index is 2.21. The lowest BCUT2D eigenvalue weighted by molar-refractivity contribution is -0.108. The quantitative estimate of drug-likeness (QED) is 0.715. The highest BCUT2D eigenvalue weighted by atomic mass is 16.5. The van der Waals surface area contributed by atoms with Crippen LogP contribution in [0.3, 0.4) is 0 Å². The lowest BCUT2D eigenvalue weighted by Gasteiger charge is -2.10. The van der Waals surface area contributed by atoms with Gasteiger partial charge in [-0.1, -0.05) is 6.07 Å². The zero-order chi connectivity index (χ0) is 11.5. The maximum Gasteiger partial charge on any atom is 0.161 e. The van der Waals surface area contributed by atoms with Crippen molar-refractivity contribution in [3.63, 3.8) is 0 Å². The van der Waals surface area contributed by atoms with Crippen LogP contribution in [0.15, 0.2) is 18.2 Å². The molecule has 1 aliphatic carbocycles. The molecule has 0 aliphatic heterocycles. The van der Waals surface area contributed by atoms with E-state index in [2.05, 4.69) is 0 Å². The first-order chi connectivity index (χ1) is 7.80. The molecule has 1 aromatic rings. The average molecular weight is 220 g/mol. The minimum absolute atomic E-state index is 0.197. The minimum atomic E-state index is 0.197. The highest BCUT2D eigenvalue weighted by molar-refractivity contribution is 5.62. The molecule has 3 nitrogen and oxygen atoms in total. The largest absolute Gasteiger partial charge is 0.493 e. The number of ether oxygens (including phenoxy) is 2. The van der Waals surface area contributed by atoms with Crippen molar-refractivity contribution in [2.24, 2.45) is 5.92 Å². The Morgan fingerprint density at radius 3 is 2.81 bits per heavy atom. The van der Waals surface area contributed by atoms with Crippen molar-refractivity contribution in [2.45, 2.75) is 19.3 Å². The zero-order valence-corrected chi connectivity index (χ0v) is 9.60. The minimum Gasteiger partial charge on any atom is -0.493 e. The zero-order valence-electron chi connectivity index (χ0n) is 9.60. The first-order valence-electron chi connectivity index (χ1n) is 5.56. The summed E-state index contributed by atoms with van der Waals surface area (Å²) >= 11 is 0. The summed E-state index contributed by atoms with van der Waals surface area (Å²) in [5, 5.41) is 0. The first kappa shape index (κ1) is 11.0. The van der Waals surface area contributed by atoms with E-state index in [1.165, 1.54) is 5.56 Å². The molecule has 0 bridgehead atoms. The number of hydrogen-bond donors (Lipinski definition) is 0. The predicted molar refractivity (Wildman–Crippen MR) is 61.1 cm³/mol. The Labute approximate surface area is 95.4 Å². The van der Waals surface area contributed by atoms with Gasteiger partial charge < -0.3 is 14.3 Å². The Morgan fingerprint density at radius 1 is 1.44 bits per heavy atom. The lowest BCUT2D eigenvalue weighted by Crippen LogP contribution is -1.96. The lowest BCUT2D eigenvalue weighted by atomic mass is 10.1. The highest BCUT2D eigenvalue weighted by Gasteiger charge is 2.38. The van der Waals surface area contributed by atoms with Crippen molar-refractivity contribution >= 4 is 6.29 Å². The molecule has 0 amide bonds. The number of aldehydes is 1. The first-order valence-corrected chi connectivity index (χ1v) is 5.56. The van der Waals surface area contributed by atoms with E-state index < -0.39 is 0 Å². The van der Waals surface area contributed by atoms with E-state index >= 15 is 0 Å². The summed E-state index contributed by atoms with van der Waals surface area (Å²) in [5.41, 5.74) is 1.17. The van der Waals surface area contributed by atoms with Crippen LogP contribution in [0.5, 0.6) is 11.5 Å². The molecule has 0 N–H and O–H groups in total. The monoisotopic (exact) mass is 220 g/mol. The molecular weight excluding hydrogens is 204 g/mol. The molecule has 0 spiro atoms. The summed E-state index contributed by atoms with van der Waals surface area (Å²) < 4.78 is 10.7. The van der Waals surface area contributed by atoms with Crippen molar-refractivity contribution in [3.05, 3.63) is 23.8 Å². The Morgan fingerprint density at radius 2 is 2.25 bits per heavy atom. The molecule has 1 saturated carbocycles. The molecule has 16 heavy (non-hydrogen) atoms. The Hall–Kier alpha value is -1.51. The van der Waals surface area contributed by atoms with Gasteiger partial charge in [0.15, 0.2) is 11.5 Å². The van der Waals surface area contributed by atoms with Gasteiger partial charge >= 0.3 is 0 Å². The van der Waals surface area contributed by atoms with Gasteiger partial charge in [-0.3, -0.25) is 0 Å². The van der Waals surface area contributed by atoms with E-state index in [4.69, 9.17) is 9.47 Å². The van der Waals surface area contributed by atoms with Crippen LogP contribution >= 0.6 is 0 Å². The van der Waals surface area contributed by atoms with Gasteiger partial charge in [0.25, 0.3) is 0 Å². The third-order valence-corrected chi connectivity index (χ3v) is 2.93. The van der Waals surface area contributed by atoms with E-state index in [1.807, 2.05) is 25.1 Å². The standard InChI is InChI=1S/C13H16O3/c1-3-16-13-7-9(4-5-12(13)15-2)11-6-10(11)8-14/h4-5,7-8,10-11H,3,6H2,1-2H3. The number of methoxy groups -OCH3 is 1. The van der Waals surface area contributed by atoms with Crippen LogP contribution in [-0.2, 0) is 4.79 Å². The molecule has 0 radical (unpaired) electrons. The molecule has 1 aliphatic rings. The fourth-order valence-corrected chi connectivity index (χ4v) is 1.94. The van der Waals surface area contributed by atoms with E-state index in [0.717, 1.165) is 24.2 Å². The van der Waals surface area contributed by atoms with Crippen LogP contribution < -0.4 is 9.47 Å². The van der Waals surface area contributed by atoms with Crippen molar-refractivity contribution in [2.75, 3.05) is 13.7 Å². The average Bonchev–Trinajstić information content (AvgIpc) is 3.08. The fourth-order valence-electron chi connectivity index (χ4n) is 1.94. The van der Waals surface area contributed by atoms with Gasteiger partial charge in [0, 0.05) is 5.92 Å². The van der Waals surface area contributed by atoms with Crippen LogP contribution in [0.2, 0.25) is 0 Å². The highest BCUT2D eigenvalue weighted by Crippen LogP contribution is 2.47. The van der Waals surface area contributed by atoms with Crippen LogP contribution in [0.1, 0.15) is 24.8 Å². The number of benzene rings is 1. The maximum absolute atomic E-state index is 10.6. The third kappa shape index (κ3) is 2.03. The van der Waals surface area contributed by atoms with Crippen molar-refractivity contribution in [1.29, 1.82) is 0 Å². The number of rotatable bonds is 5. The van der Waals surface area contributed by atoms with Crippen LogP contribution in [0.25, 0.3) is 0 Å². The van der Waals surface area contributed by atoms with E-state index in [9.17, 15) is 4.79 Å². The second-order valence-electron chi connectivity index (χ2n) is 3.99. The second-order valence-corrected chi connectivity index (χ2v) is 3.99. The summed E-state index contributed by atoms with van der Waals surface area (Å²) in [6.07, 6.45) is 2.00. The molecule has 2 rings (SSSR count). The van der Waals surface area contributed by atoms with Crippen LogP contribution in [-0.4, -0.2) is 20.0 Å². The smallest absolute Gasteiger partial charge is 0.161 e. The normalized spacial score (nSPS) is 22.6. The third-order valence-electron chi connectivity index (χ3n) is 2.93. The number of carbonyl (C=O) groups excluding carboxylic acids is 1. The second kappa shape index (κ2) is 4.56. The summed E-state index contributed by atoms with van der Waals surface area (Å²) in [6.45, 7) is 2.55. The van der Waals surface area contributed by atoms with E-state index in [-0.39, 0.29) is 5.92 Å². The summed E-state index contributed by atoms with van der Waals surface area (Å²) in [5.74, 6) is 2.08. The molecule has 2 unspecified atom stereocenters. The van der Waals surface area contributed by atoms with Gasteiger partial charge in [0.2, 0.25) is 0 Å². The Kier molecular flexibility index (Phi) is 3.13. The molecular formula is C13H16O3. The van der Waals surface area contributed by atoms with Crippen LogP contribution in [0.4, 0.5) is 0 Å². The summed E-state index contributed by atoms with van der Waals surface area (Å²) in [4.78, 5) is 10.6. The SMILES string of the molecule is CCOc1cc(C2CC2C=O)ccc1OC.